The van der Waals surface area contributed by atoms with E-state index in [1.165, 1.54) is 5.56 Å². The highest BCUT2D eigenvalue weighted by Gasteiger charge is 2.13. The van der Waals surface area contributed by atoms with Crippen LogP contribution in [0.15, 0.2) is 24.3 Å². The molecule has 128 valence electrons. The molecule has 4 heteroatoms. The van der Waals surface area contributed by atoms with Gasteiger partial charge >= 0.3 is 0 Å². The molecule has 23 heavy (non-hydrogen) atoms. The first-order valence-electron chi connectivity index (χ1n) is 8.30. The molecule has 0 radical (unpaired) electrons. The lowest BCUT2D eigenvalue weighted by molar-refractivity contribution is 0.144. The maximum atomic E-state index is 5.65. The Morgan fingerprint density at radius 3 is 2.48 bits per heavy atom. The zero-order valence-electron chi connectivity index (χ0n) is 15.2. The van der Waals surface area contributed by atoms with E-state index in [4.69, 9.17) is 14.2 Å². The Kier molecular flexibility index (Phi) is 8.41. The van der Waals surface area contributed by atoms with E-state index >= 15 is 0 Å². The SMILES string of the molecule is CC.CCC(C)c1cccc2c(OC)cc(OCCOC)nc12. The molecule has 0 saturated heterocycles. The van der Waals surface area contributed by atoms with Crippen LogP contribution in [0.4, 0.5) is 0 Å². The van der Waals surface area contributed by atoms with Crippen LogP contribution in [0.5, 0.6) is 11.6 Å². The van der Waals surface area contributed by atoms with E-state index in [0.717, 1.165) is 23.1 Å². The van der Waals surface area contributed by atoms with E-state index in [0.29, 0.717) is 25.0 Å². The Labute approximate surface area is 139 Å². The summed E-state index contributed by atoms with van der Waals surface area (Å²) in [5, 5.41) is 1.02. The second kappa shape index (κ2) is 10.1. The molecule has 1 atom stereocenters. The fourth-order valence-electron chi connectivity index (χ4n) is 2.31. The number of rotatable bonds is 7. The number of nitrogens with zero attached hydrogens (tertiary/aromatic N) is 1. The van der Waals surface area contributed by atoms with Gasteiger partial charge in [-0.05, 0) is 24.0 Å². The van der Waals surface area contributed by atoms with Gasteiger partial charge in [-0.1, -0.05) is 39.8 Å². The smallest absolute Gasteiger partial charge is 0.217 e. The van der Waals surface area contributed by atoms with Crippen molar-refractivity contribution < 1.29 is 14.2 Å². The fraction of sp³-hybridized carbons (Fsp3) is 0.526. The molecule has 1 heterocycles. The van der Waals surface area contributed by atoms with Gasteiger partial charge in [0.15, 0.2) is 0 Å². The molecule has 0 aliphatic heterocycles. The van der Waals surface area contributed by atoms with Crippen molar-refractivity contribution in [2.24, 2.45) is 0 Å². The van der Waals surface area contributed by atoms with Crippen LogP contribution in [-0.2, 0) is 4.74 Å². The Bertz CT molecular complexity index is 598. The standard InChI is InChI=1S/C17H23NO3.C2H6/c1-5-12(2)13-7-6-8-14-15(20-4)11-16(18-17(13)14)21-10-9-19-3;1-2/h6-8,11-12H,5,9-10H2,1-4H3;1-2H3. The van der Waals surface area contributed by atoms with Crippen LogP contribution in [0.25, 0.3) is 10.9 Å². The summed E-state index contributed by atoms with van der Waals surface area (Å²) in [7, 11) is 3.32. The Hall–Kier alpha value is -1.81. The van der Waals surface area contributed by atoms with Crippen LogP contribution < -0.4 is 9.47 Å². The molecule has 1 aromatic heterocycles. The molecule has 1 unspecified atom stereocenters. The number of fused-ring (bicyclic) bond motifs is 1. The first-order valence-corrected chi connectivity index (χ1v) is 8.30. The topological polar surface area (TPSA) is 40.6 Å². The minimum Gasteiger partial charge on any atom is -0.496 e. The monoisotopic (exact) mass is 319 g/mol. The van der Waals surface area contributed by atoms with Gasteiger partial charge in [0.05, 0.1) is 19.2 Å². The first-order chi connectivity index (χ1) is 11.2. The summed E-state index contributed by atoms with van der Waals surface area (Å²) in [6, 6.07) is 8.05. The summed E-state index contributed by atoms with van der Waals surface area (Å²) >= 11 is 0. The number of para-hydroxylation sites is 1. The van der Waals surface area contributed by atoms with Gasteiger partial charge < -0.3 is 14.2 Å². The average molecular weight is 319 g/mol. The number of hydrogen-bond donors (Lipinski definition) is 0. The van der Waals surface area contributed by atoms with E-state index in [2.05, 4.69) is 31.0 Å². The predicted molar refractivity (Wildman–Crippen MR) is 95.7 cm³/mol. The van der Waals surface area contributed by atoms with Crippen LogP contribution in [0.1, 0.15) is 45.6 Å². The second-order valence-corrected chi connectivity index (χ2v) is 5.06. The zero-order chi connectivity index (χ0) is 17.2. The summed E-state index contributed by atoms with van der Waals surface area (Å²) in [4.78, 5) is 4.67. The molecule has 0 N–H and O–H groups in total. The molecule has 0 spiro atoms. The Morgan fingerprint density at radius 1 is 1.13 bits per heavy atom. The van der Waals surface area contributed by atoms with Crippen molar-refractivity contribution in [1.82, 2.24) is 4.98 Å². The molecule has 0 amide bonds. The highest BCUT2D eigenvalue weighted by Crippen LogP contribution is 2.33. The van der Waals surface area contributed by atoms with Gasteiger partial charge in [0.1, 0.15) is 12.4 Å². The third-order valence-corrected chi connectivity index (χ3v) is 3.71. The predicted octanol–water partition coefficient (Wildman–Crippen LogP) is 4.81. The van der Waals surface area contributed by atoms with Crippen molar-refractivity contribution in [3.63, 3.8) is 0 Å². The van der Waals surface area contributed by atoms with Crippen molar-refractivity contribution in [3.05, 3.63) is 29.8 Å². The van der Waals surface area contributed by atoms with Gasteiger partial charge in [-0.25, -0.2) is 4.98 Å². The van der Waals surface area contributed by atoms with Crippen molar-refractivity contribution in [3.8, 4) is 11.6 Å². The number of ether oxygens (including phenoxy) is 3. The van der Waals surface area contributed by atoms with Crippen LogP contribution in [0, 0.1) is 0 Å². The van der Waals surface area contributed by atoms with Crippen molar-refractivity contribution in [1.29, 1.82) is 0 Å². The summed E-state index contributed by atoms with van der Waals surface area (Å²) in [6.45, 7) is 9.40. The molecule has 0 aliphatic rings. The normalized spacial score (nSPS) is 11.6. The number of aromatic nitrogens is 1. The third-order valence-electron chi connectivity index (χ3n) is 3.71. The Morgan fingerprint density at radius 2 is 1.87 bits per heavy atom. The van der Waals surface area contributed by atoms with Gasteiger partial charge in [0, 0.05) is 18.6 Å². The molecule has 0 saturated carbocycles. The minimum absolute atomic E-state index is 0.445. The van der Waals surface area contributed by atoms with Crippen LogP contribution in [0.3, 0.4) is 0 Å². The van der Waals surface area contributed by atoms with Gasteiger partial charge in [0.2, 0.25) is 5.88 Å². The van der Waals surface area contributed by atoms with Gasteiger partial charge in [0.25, 0.3) is 0 Å². The molecule has 1 aromatic carbocycles. The van der Waals surface area contributed by atoms with E-state index in [9.17, 15) is 0 Å². The van der Waals surface area contributed by atoms with Crippen molar-refractivity contribution >= 4 is 10.9 Å². The van der Waals surface area contributed by atoms with Crippen LogP contribution in [-0.4, -0.2) is 32.4 Å². The summed E-state index contributed by atoms with van der Waals surface area (Å²) in [5.74, 6) is 1.81. The summed E-state index contributed by atoms with van der Waals surface area (Å²) in [5.41, 5.74) is 2.18. The molecule has 4 nitrogen and oxygen atoms in total. The van der Waals surface area contributed by atoms with E-state index in [1.807, 2.05) is 26.0 Å². The van der Waals surface area contributed by atoms with Gasteiger partial charge in [-0.3, -0.25) is 0 Å². The molecular formula is C19H29NO3. The second-order valence-electron chi connectivity index (χ2n) is 5.06. The number of methoxy groups -OCH3 is 2. The molecule has 2 aromatic rings. The highest BCUT2D eigenvalue weighted by molar-refractivity contribution is 5.88. The van der Waals surface area contributed by atoms with Gasteiger partial charge in [-0.15, -0.1) is 0 Å². The quantitative estimate of drug-likeness (QED) is 0.687. The van der Waals surface area contributed by atoms with Crippen molar-refractivity contribution in [2.75, 3.05) is 27.4 Å². The largest absolute Gasteiger partial charge is 0.496 e. The maximum Gasteiger partial charge on any atom is 0.217 e. The van der Waals surface area contributed by atoms with Crippen molar-refractivity contribution in [2.45, 2.75) is 40.0 Å². The van der Waals surface area contributed by atoms with Crippen LogP contribution >= 0.6 is 0 Å². The van der Waals surface area contributed by atoms with E-state index in [1.54, 1.807) is 14.2 Å². The zero-order valence-corrected chi connectivity index (χ0v) is 15.2. The average Bonchev–Trinajstić information content (AvgIpc) is 2.61. The molecular weight excluding hydrogens is 290 g/mol. The van der Waals surface area contributed by atoms with E-state index in [-0.39, 0.29) is 0 Å². The minimum atomic E-state index is 0.445. The maximum absolute atomic E-state index is 5.65. The molecule has 0 bridgehead atoms. The molecule has 2 rings (SSSR count). The summed E-state index contributed by atoms with van der Waals surface area (Å²) in [6.07, 6.45) is 1.07. The Balaban J connectivity index is 0.00000127. The van der Waals surface area contributed by atoms with E-state index < -0.39 is 0 Å². The molecule has 0 aliphatic carbocycles. The fourth-order valence-corrected chi connectivity index (χ4v) is 2.31. The van der Waals surface area contributed by atoms with Crippen LogP contribution in [0.2, 0.25) is 0 Å². The first kappa shape index (κ1) is 19.2. The number of benzene rings is 1. The number of hydrogen-bond acceptors (Lipinski definition) is 4. The lowest BCUT2D eigenvalue weighted by atomic mass is 9.96. The third kappa shape index (κ3) is 4.83. The number of pyridine rings is 1. The molecule has 0 fully saturated rings. The lowest BCUT2D eigenvalue weighted by Gasteiger charge is -2.15. The van der Waals surface area contributed by atoms with Gasteiger partial charge in [-0.2, -0.15) is 0 Å². The highest BCUT2D eigenvalue weighted by atomic mass is 16.5. The summed E-state index contributed by atoms with van der Waals surface area (Å²) < 4.78 is 16.1. The lowest BCUT2D eigenvalue weighted by Crippen LogP contribution is -2.06.